The number of H-pyrrole nitrogens is 1. The molecule has 2 aliphatic heterocycles. The highest BCUT2D eigenvalue weighted by Crippen LogP contribution is 2.30. The monoisotopic (exact) mass is 277 g/mol. The number of thioether (sulfide) groups is 1. The highest BCUT2D eigenvalue weighted by Gasteiger charge is 2.30. The van der Waals surface area contributed by atoms with Crippen molar-refractivity contribution in [3.63, 3.8) is 0 Å². The van der Waals surface area contributed by atoms with Gasteiger partial charge in [0.05, 0.1) is 4.91 Å². The molecule has 6 heteroatoms. The minimum Gasteiger partial charge on any atom is -0.337 e. The first-order chi connectivity index (χ1) is 9.24. The molecule has 1 amide bonds. The van der Waals surface area contributed by atoms with Crippen molar-refractivity contribution in [1.29, 1.82) is 0 Å². The Morgan fingerprint density at radius 1 is 1.53 bits per heavy atom. The van der Waals surface area contributed by atoms with E-state index in [1.807, 2.05) is 11.0 Å². The molecule has 3 rings (SSSR count). The Bertz CT molecular complexity index is 581. The van der Waals surface area contributed by atoms with E-state index in [1.54, 1.807) is 11.8 Å². The average molecular weight is 277 g/mol. The van der Waals surface area contributed by atoms with Crippen molar-refractivity contribution >= 4 is 17.7 Å². The van der Waals surface area contributed by atoms with E-state index in [1.165, 1.54) is 12.3 Å². The number of aromatic nitrogens is 2. The molecule has 100 valence electrons. The average Bonchev–Trinajstić information content (AvgIpc) is 3.10. The van der Waals surface area contributed by atoms with E-state index < -0.39 is 0 Å². The van der Waals surface area contributed by atoms with Gasteiger partial charge in [-0.1, -0.05) is 6.08 Å². The summed E-state index contributed by atoms with van der Waals surface area (Å²) in [5, 5.41) is 0. The molecule has 0 aromatic carbocycles. The first kappa shape index (κ1) is 12.5. The maximum Gasteiger partial charge on any atom is 0.259 e. The molecule has 2 aliphatic rings. The van der Waals surface area contributed by atoms with E-state index >= 15 is 0 Å². The molecule has 19 heavy (non-hydrogen) atoms. The summed E-state index contributed by atoms with van der Waals surface area (Å²) in [6.45, 7) is 1.38. The third-order valence-electron chi connectivity index (χ3n) is 3.47. The number of likely N-dealkylation sites (tertiary alicyclic amines) is 1. The molecular weight excluding hydrogens is 262 g/mol. The summed E-state index contributed by atoms with van der Waals surface area (Å²) in [5.41, 5.74) is -0.135. The van der Waals surface area contributed by atoms with Gasteiger partial charge in [-0.25, -0.2) is 4.98 Å². The summed E-state index contributed by atoms with van der Waals surface area (Å²) in [5.74, 6) is 1.97. The van der Waals surface area contributed by atoms with E-state index in [0.717, 1.165) is 30.0 Å². The zero-order valence-corrected chi connectivity index (χ0v) is 11.3. The number of aromatic amines is 1. The first-order valence-corrected chi connectivity index (χ1v) is 7.40. The molecule has 0 bridgehead atoms. The van der Waals surface area contributed by atoms with Crippen LogP contribution in [-0.4, -0.2) is 39.6 Å². The summed E-state index contributed by atoms with van der Waals surface area (Å²) in [7, 11) is 0. The van der Waals surface area contributed by atoms with Crippen LogP contribution in [0.25, 0.3) is 0 Å². The van der Waals surface area contributed by atoms with Gasteiger partial charge in [0.2, 0.25) is 0 Å². The number of allylic oxidation sites excluding steroid dienone is 1. The van der Waals surface area contributed by atoms with Gasteiger partial charge >= 0.3 is 0 Å². The fourth-order valence-electron chi connectivity index (χ4n) is 2.48. The lowest BCUT2D eigenvalue weighted by atomic mass is 10.1. The van der Waals surface area contributed by atoms with Crippen molar-refractivity contribution in [2.75, 3.05) is 18.8 Å². The first-order valence-electron chi connectivity index (χ1n) is 6.41. The van der Waals surface area contributed by atoms with E-state index in [2.05, 4.69) is 9.97 Å². The van der Waals surface area contributed by atoms with Gasteiger partial charge in [-0.2, -0.15) is 0 Å². The van der Waals surface area contributed by atoms with Gasteiger partial charge in [0.15, 0.2) is 0 Å². The van der Waals surface area contributed by atoms with E-state index in [4.69, 9.17) is 0 Å². The normalized spacial score (nSPS) is 22.6. The largest absolute Gasteiger partial charge is 0.337 e. The van der Waals surface area contributed by atoms with Crippen molar-refractivity contribution in [3.05, 3.63) is 39.4 Å². The van der Waals surface area contributed by atoms with Crippen LogP contribution in [0.2, 0.25) is 0 Å². The van der Waals surface area contributed by atoms with Crippen molar-refractivity contribution in [2.24, 2.45) is 0 Å². The molecule has 1 aromatic rings. The molecule has 5 nitrogen and oxygen atoms in total. The maximum atomic E-state index is 12.2. The number of nitrogens with one attached hydrogen (secondary N) is 1. The highest BCUT2D eigenvalue weighted by atomic mass is 32.2. The third-order valence-corrected chi connectivity index (χ3v) is 4.56. The molecule has 1 fully saturated rings. The van der Waals surface area contributed by atoms with Gasteiger partial charge in [0.25, 0.3) is 11.5 Å². The number of carbonyl (C=O) groups excluding carboxylic acids is 1. The Kier molecular flexibility index (Phi) is 3.42. The molecule has 1 N–H and O–H groups in total. The van der Waals surface area contributed by atoms with Gasteiger partial charge in [-0.3, -0.25) is 9.59 Å². The lowest BCUT2D eigenvalue weighted by Gasteiger charge is -2.16. The minimum atomic E-state index is -0.135. The van der Waals surface area contributed by atoms with Crippen LogP contribution in [0, 0.1) is 0 Å². The molecule has 0 saturated carbocycles. The number of nitrogens with zero attached hydrogens (tertiary/aromatic N) is 2. The van der Waals surface area contributed by atoms with Crippen LogP contribution in [0.3, 0.4) is 0 Å². The molecule has 1 atom stereocenters. The number of hydrogen-bond acceptors (Lipinski definition) is 4. The third kappa shape index (κ3) is 2.58. The van der Waals surface area contributed by atoms with Crippen LogP contribution in [0.15, 0.2) is 28.0 Å². The van der Waals surface area contributed by atoms with Gasteiger partial charge in [-0.05, 0) is 12.8 Å². The minimum absolute atomic E-state index is 0.128. The standard InChI is InChI=1S/C13H15N3O2S/c17-11-3-5-14-12(15-11)9-4-6-16(8-9)13(18)10-2-1-7-19-10/h2-3,5,9H,1,4,6-8H2,(H,14,15,17). The Hall–Kier alpha value is -1.56. The number of carbonyl (C=O) groups is 1. The van der Waals surface area contributed by atoms with Crippen LogP contribution in [0.5, 0.6) is 0 Å². The summed E-state index contributed by atoms with van der Waals surface area (Å²) in [4.78, 5) is 33.2. The van der Waals surface area contributed by atoms with Gasteiger partial charge in [0.1, 0.15) is 5.82 Å². The van der Waals surface area contributed by atoms with Crippen LogP contribution in [0.4, 0.5) is 0 Å². The quantitative estimate of drug-likeness (QED) is 0.879. The summed E-state index contributed by atoms with van der Waals surface area (Å²) >= 11 is 1.63. The number of hydrogen-bond donors (Lipinski definition) is 1. The van der Waals surface area contributed by atoms with Crippen LogP contribution >= 0.6 is 11.8 Å². The van der Waals surface area contributed by atoms with Gasteiger partial charge in [-0.15, -0.1) is 11.8 Å². The smallest absolute Gasteiger partial charge is 0.259 e. The predicted molar refractivity (Wildman–Crippen MR) is 74.0 cm³/mol. The van der Waals surface area contributed by atoms with Crippen LogP contribution in [-0.2, 0) is 4.79 Å². The van der Waals surface area contributed by atoms with E-state index in [-0.39, 0.29) is 17.4 Å². The Balaban J connectivity index is 1.70. The molecular formula is C13H15N3O2S. The second-order valence-electron chi connectivity index (χ2n) is 4.76. The zero-order valence-electron chi connectivity index (χ0n) is 10.5. The Labute approximate surface area is 115 Å². The molecule has 3 heterocycles. The Morgan fingerprint density at radius 2 is 2.42 bits per heavy atom. The van der Waals surface area contributed by atoms with Gasteiger partial charge < -0.3 is 9.88 Å². The number of amides is 1. The topological polar surface area (TPSA) is 66.1 Å². The fraction of sp³-hybridized carbons (Fsp3) is 0.462. The molecule has 0 radical (unpaired) electrons. The molecule has 0 spiro atoms. The van der Waals surface area contributed by atoms with Crippen molar-refractivity contribution in [2.45, 2.75) is 18.8 Å². The van der Waals surface area contributed by atoms with Crippen molar-refractivity contribution < 1.29 is 4.79 Å². The SMILES string of the molecule is O=C(C1=CCCS1)N1CCC(c2nccc(=O)[nH]2)C1. The van der Waals surface area contributed by atoms with Crippen LogP contribution < -0.4 is 5.56 Å². The number of rotatable bonds is 2. The second kappa shape index (κ2) is 5.21. The zero-order chi connectivity index (χ0) is 13.2. The van der Waals surface area contributed by atoms with E-state index in [9.17, 15) is 9.59 Å². The predicted octanol–water partition coefficient (Wildman–Crippen LogP) is 1.11. The highest BCUT2D eigenvalue weighted by molar-refractivity contribution is 8.04. The lowest BCUT2D eigenvalue weighted by Crippen LogP contribution is -2.29. The van der Waals surface area contributed by atoms with Gasteiger partial charge in [0, 0.05) is 37.0 Å². The second-order valence-corrected chi connectivity index (χ2v) is 5.90. The summed E-state index contributed by atoms with van der Waals surface area (Å²) in [6, 6.07) is 1.40. The Morgan fingerprint density at radius 3 is 3.16 bits per heavy atom. The molecule has 0 aliphatic carbocycles. The van der Waals surface area contributed by atoms with E-state index in [0.29, 0.717) is 12.4 Å². The molecule has 1 unspecified atom stereocenters. The lowest BCUT2D eigenvalue weighted by molar-refractivity contribution is -0.125. The van der Waals surface area contributed by atoms with Crippen molar-refractivity contribution in [1.82, 2.24) is 14.9 Å². The molecule has 1 saturated heterocycles. The fourth-order valence-corrected chi connectivity index (χ4v) is 3.43. The summed E-state index contributed by atoms with van der Waals surface area (Å²) < 4.78 is 0. The van der Waals surface area contributed by atoms with Crippen LogP contribution in [0.1, 0.15) is 24.6 Å². The molecule has 1 aromatic heterocycles. The summed E-state index contributed by atoms with van der Waals surface area (Å²) in [6.07, 6.45) is 5.38. The van der Waals surface area contributed by atoms with Crippen molar-refractivity contribution in [3.8, 4) is 0 Å². The maximum absolute atomic E-state index is 12.2.